The Morgan fingerprint density at radius 1 is 1.00 bits per heavy atom. The highest BCUT2D eigenvalue weighted by Crippen LogP contribution is 2.18. The number of hydrogen-bond acceptors (Lipinski definition) is 3. The molecule has 3 nitrogen and oxygen atoms in total. The molecule has 2 aromatic rings. The van der Waals surface area contributed by atoms with Gasteiger partial charge in [0.1, 0.15) is 18.1 Å². The van der Waals surface area contributed by atoms with Gasteiger partial charge in [0.15, 0.2) is 11.6 Å². The average Bonchev–Trinajstić information content (AvgIpc) is 2.48. The van der Waals surface area contributed by atoms with Gasteiger partial charge >= 0.3 is 0 Å². The largest absolute Gasteiger partial charge is 0.497 e. The van der Waals surface area contributed by atoms with Crippen LogP contribution in [-0.4, -0.2) is 20.3 Å². The maximum atomic E-state index is 13.3. The second-order valence-electron chi connectivity index (χ2n) is 4.05. The minimum absolute atomic E-state index is 0.128. The van der Waals surface area contributed by atoms with E-state index in [-0.39, 0.29) is 5.69 Å². The fraction of sp³-hybridized carbons (Fsp3) is 0.200. The van der Waals surface area contributed by atoms with Gasteiger partial charge in [-0.1, -0.05) is 6.07 Å². The molecule has 5 heteroatoms. The number of benzene rings is 2. The smallest absolute Gasteiger partial charge is 0.181 e. The maximum Gasteiger partial charge on any atom is 0.181 e. The van der Waals surface area contributed by atoms with Gasteiger partial charge in [-0.15, -0.1) is 0 Å². The van der Waals surface area contributed by atoms with E-state index in [0.717, 1.165) is 11.8 Å². The van der Waals surface area contributed by atoms with Crippen LogP contribution in [0.1, 0.15) is 0 Å². The van der Waals surface area contributed by atoms with Gasteiger partial charge in [-0.05, 0) is 36.4 Å². The minimum atomic E-state index is -0.878. The standard InChI is InChI=1S/C15H15F2NO2/c1-19-11-5-7-12(8-6-11)20-10-9-18-14-4-2-3-13(16)15(14)17/h2-8,18H,9-10H2,1H3. The molecule has 20 heavy (non-hydrogen) atoms. The lowest BCUT2D eigenvalue weighted by molar-refractivity contribution is 0.331. The summed E-state index contributed by atoms with van der Waals surface area (Å²) in [6.45, 7) is 0.703. The van der Waals surface area contributed by atoms with Crippen LogP contribution >= 0.6 is 0 Å². The Bertz CT molecular complexity index is 558. The number of halogens is 2. The summed E-state index contributed by atoms with van der Waals surface area (Å²) >= 11 is 0. The van der Waals surface area contributed by atoms with Crippen molar-refractivity contribution < 1.29 is 18.3 Å². The predicted octanol–water partition coefficient (Wildman–Crippen LogP) is 3.46. The van der Waals surface area contributed by atoms with Crippen molar-refractivity contribution in [2.24, 2.45) is 0 Å². The molecule has 0 aromatic heterocycles. The van der Waals surface area contributed by atoms with Gasteiger partial charge in [0.05, 0.1) is 12.8 Å². The third-order valence-corrected chi connectivity index (χ3v) is 2.70. The number of methoxy groups -OCH3 is 1. The van der Waals surface area contributed by atoms with E-state index in [1.54, 1.807) is 31.4 Å². The average molecular weight is 279 g/mol. The number of rotatable bonds is 6. The van der Waals surface area contributed by atoms with Crippen molar-refractivity contribution in [3.05, 3.63) is 54.1 Å². The summed E-state index contributed by atoms with van der Waals surface area (Å²) in [4.78, 5) is 0. The highest BCUT2D eigenvalue weighted by Gasteiger charge is 2.06. The monoisotopic (exact) mass is 279 g/mol. The van der Waals surface area contributed by atoms with Gasteiger partial charge in [-0.2, -0.15) is 0 Å². The Morgan fingerprint density at radius 3 is 2.40 bits per heavy atom. The van der Waals surface area contributed by atoms with E-state index in [2.05, 4.69) is 5.32 Å². The summed E-state index contributed by atoms with van der Waals surface area (Å²) in [7, 11) is 1.59. The Kier molecular flexibility index (Phi) is 4.76. The van der Waals surface area contributed by atoms with E-state index in [1.807, 2.05) is 0 Å². The van der Waals surface area contributed by atoms with Crippen LogP contribution < -0.4 is 14.8 Å². The van der Waals surface area contributed by atoms with Crippen LogP contribution in [0.25, 0.3) is 0 Å². The third-order valence-electron chi connectivity index (χ3n) is 2.70. The molecule has 0 aliphatic rings. The summed E-state index contributed by atoms with van der Waals surface area (Å²) in [6, 6.07) is 11.1. The lowest BCUT2D eigenvalue weighted by Crippen LogP contribution is -2.12. The van der Waals surface area contributed by atoms with E-state index in [9.17, 15) is 8.78 Å². The Balaban J connectivity index is 1.80. The molecule has 0 spiro atoms. The normalized spacial score (nSPS) is 10.2. The van der Waals surface area contributed by atoms with Crippen molar-refractivity contribution in [2.75, 3.05) is 25.6 Å². The second kappa shape index (κ2) is 6.75. The highest BCUT2D eigenvalue weighted by molar-refractivity contribution is 5.44. The molecule has 0 bridgehead atoms. The van der Waals surface area contributed by atoms with Gasteiger partial charge in [0, 0.05) is 6.54 Å². The molecule has 0 atom stereocenters. The van der Waals surface area contributed by atoms with Crippen molar-refractivity contribution in [2.45, 2.75) is 0 Å². The van der Waals surface area contributed by atoms with Crippen molar-refractivity contribution in [3.8, 4) is 11.5 Å². The molecular formula is C15H15F2NO2. The summed E-state index contributed by atoms with van der Waals surface area (Å²) in [5.74, 6) is -0.312. The van der Waals surface area contributed by atoms with Crippen LogP contribution in [0.5, 0.6) is 11.5 Å². The van der Waals surface area contributed by atoms with E-state index < -0.39 is 11.6 Å². The summed E-state index contributed by atoms with van der Waals surface area (Å²) < 4.78 is 36.8. The molecule has 0 amide bonds. The van der Waals surface area contributed by atoms with Crippen molar-refractivity contribution in [1.29, 1.82) is 0 Å². The topological polar surface area (TPSA) is 30.5 Å². The molecule has 0 saturated carbocycles. The molecule has 0 aliphatic carbocycles. The van der Waals surface area contributed by atoms with Gasteiger partial charge in [0.2, 0.25) is 0 Å². The number of ether oxygens (including phenoxy) is 2. The molecule has 0 radical (unpaired) electrons. The Morgan fingerprint density at radius 2 is 1.70 bits per heavy atom. The van der Waals surface area contributed by atoms with Crippen molar-refractivity contribution in [1.82, 2.24) is 0 Å². The molecule has 2 rings (SSSR count). The van der Waals surface area contributed by atoms with Gasteiger partial charge in [-0.3, -0.25) is 0 Å². The number of nitrogens with one attached hydrogen (secondary N) is 1. The van der Waals surface area contributed by atoms with Crippen LogP contribution in [-0.2, 0) is 0 Å². The van der Waals surface area contributed by atoms with E-state index in [4.69, 9.17) is 9.47 Å². The second-order valence-corrected chi connectivity index (χ2v) is 4.05. The maximum absolute atomic E-state index is 13.3. The molecule has 0 aliphatic heterocycles. The summed E-state index contributed by atoms with van der Waals surface area (Å²) in [5.41, 5.74) is 0.128. The lowest BCUT2D eigenvalue weighted by atomic mass is 10.3. The van der Waals surface area contributed by atoms with Gasteiger partial charge < -0.3 is 14.8 Å². The first kappa shape index (κ1) is 14.1. The Labute approximate surface area is 116 Å². The first-order chi connectivity index (χ1) is 9.70. The Hall–Kier alpha value is -2.30. The van der Waals surface area contributed by atoms with Crippen molar-refractivity contribution >= 4 is 5.69 Å². The van der Waals surface area contributed by atoms with E-state index in [1.165, 1.54) is 12.1 Å². The van der Waals surface area contributed by atoms with E-state index >= 15 is 0 Å². The molecular weight excluding hydrogens is 264 g/mol. The predicted molar refractivity (Wildman–Crippen MR) is 73.3 cm³/mol. The van der Waals surface area contributed by atoms with Crippen LogP contribution in [0.2, 0.25) is 0 Å². The van der Waals surface area contributed by atoms with Crippen LogP contribution in [0, 0.1) is 11.6 Å². The zero-order valence-corrected chi connectivity index (χ0v) is 11.0. The molecule has 2 aromatic carbocycles. The van der Waals surface area contributed by atoms with Gasteiger partial charge in [-0.25, -0.2) is 8.78 Å². The highest BCUT2D eigenvalue weighted by atomic mass is 19.2. The zero-order valence-electron chi connectivity index (χ0n) is 11.0. The van der Waals surface area contributed by atoms with Crippen LogP contribution in [0.4, 0.5) is 14.5 Å². The summed E-state index contributed by atoms with van der Waals surface area (Å²) in [6.07, 6.45) is 0. The number of hydrogen-bond donors (Lipinski definition) is 1. The van der Waals surface area contributed by atoms with E-state index in [0.29, 0.717) is 18.9 Å². The molecule has 1 N–H and O–H groups in total. The molecule has 106 valence electrons. The van der Waals surface area contributed by atoms with Gasteiger partial charge in [0.25, 0.3) is 0 Å². The van der Waals surface area contributed by atoms with Crippen LogP contribution in [0.3, 0.4) is 0 Å². The minimum Gasteiger partial charge on any atom is -0.497 e. The first-order valence-electron chi connectivity index (χ1n) is 6.15. The quantitative estimate of drug-likeness (QED) is 0.821. The van der Waals surface area contributed by atoms with Crippen LogP contribution in [0.15, 0.2) is 42.5 Å². The fourth-order valence-corrected chi connectivity index (χ4v) is 1.67. The van der Waals surface area contributed by atoms with Crippen molar-refractivity contribution in [3.63, 3.8) is 0 Å². The number of anilines is 1. The fourth-order valence-electron chi connectivity index (χ4n) is 1.67. The lowest BCUT2D eigenvalue weighted by Gasteiger charge is -2.10. The zero-order chi connectivity index (χ0) is 14.4. The molecule has 0 heterocycles. The SMILES string of the molecule is COc1ccc(OCCNc2cccc(F)c2F)cc1. The molecule has 0 unspecified atom stereocenters. The third kappa shape index (κ3) is 3.60. The first-order valence-corrected chi connectivity index (χ1v) is 6.15. The molecule has 0 saturated heterocycles. The molecule has 0 fully saturated rings. The summed E-state index contributed by atoms with van der Waals surface area (Å²) in [5, 5.41) is 2.78.